The Kier molecular flexibility index (Phi) is 6.01. The summed E-state index contributed by atoms with van der Waals surface area (Å²) in [6.07, 6.45) is 4.84. The Labute approximate surface area is 163 Å². The van der Waals surface area contributed by atoms with Gasteiger partial charge in [0.25, 0.3) is 5.91 Å². The third-order valence-corrected chi connectivity index (χ3v) is 4.06. The molecule has 0 fully saturated rings. The molecule has 3 rings (SSSR count). The molecular weight excluding hydrogens is 354 g/mol. The monoisotopic (exact) mass is 375 g/mol. The van der Waals surface area contributed by atoms with E-state index in [1.54, 1.807) is 20.0 Å². The van der Waals surface area contributed by atoms with Crippen LogP contribution >= 0.6 is 0 Å². The Bertz CT molecular complexity index is 1020. The first kappa shape index (κ1) is 19.1. The van der Waals surface area contributed by atoms with E-state index >= 15 is 0 Å². The van der Waals surface area contributed by atoms with Crippen LogP contribution in [0.4, 0.5) is 5.82 Å². The minimum Gasteiger partial charge on any atom is -0.481 e. The Morgan fingerprint density at radius 2 is 1.68 bits per heavy atom. The fraction of sp³-hybridized carbons (Fsp3) is 0.136. The average molecular weight is 375 g/mol. The number of aryl methyl sites for hydroxylation is 1. The quantitative estimate of drug-likeness (QED) is 0.671. The van der Waals surface area contributed by atoms with Gasteiger partial charge in [0.1, 0.15) is 11.6 Å². The van der Waals surface area contributed by atoms with Crippen LogP contribution in [0.5, 0.6) is 5.75 Å². The predicted molar refractivity (Wildman–Crippen MR) is 110 cm³/mol. The second kappa shape index (κ2) is 8.81. The first-order valence-electron chi connectivity index (χ1n) is 8.86. The summed E-state index contributed by atoms with van der Waals surface area (Å²) in [6, 6.07) is 19.0. The van der Waals surface area contributed by atoms with E-state index < -0.39 is 11.8 Å². The summed E-state index contributed by atoms with van der Waals surface area (Å²) in [6.45, 7) is 1.64. The topological polar surface area (TPSA) is 73.2 Å². The van der Waals surface area contributed by atoms with Crippen molar-refractivity contribution in [2.45, 2.75) is 13.0 Å². The molecule has 3 aromatic rings. The van der Waals surface area contributed by atoms with Crippen LogP contribution in [-0.2, 0) is 11.8 Å². The first-order chi connectivity index (χ1) is 13.5. The molecule has 142 valence electrons. The number of hydrogen-bond acceptors (Lipinski definition) is 4. The minimum atomic E-state index is -0.739. The zero-order valence-corrected chi connectivity index (χ0v) is 15.7. The van der Waals surface area contributed by atoms with E-state index in [4.69, 9.17) is 4.74 Å². The SMILES string of the molecule is CC(Oc1ccc(/C=C/c2ccccc2)cc1)C(=O)Nc1ccn(C)c(=O)n1. The highest BCUT2D eigenvalue weighted by atomic mass is 16.5. The molecule has 2 aromatic carbocycles. The van der Waals surface area contributed by atoms with Crippen molar-refractivity contribution in [1.29, 1.82) is 0 Å². The number of nitrogens with one attached hydrogen (secondary N) is 1. The van der Waals surface area contributed by atoms with E-state index in [2.05, 4.69) is 10.3 Å². The van der Waals surface area contributed by atoms with Crippen LogP contribution in [0.2, 0.25) is 0 Å². The highest BCUT2D eigenvalue weighted by molar-refractivity contribution is 5.93. The lowest BCUT2D eigenvalue weighted by atomic mass is 10.1. The smallest absolute Gasteiger partial charge is 0.349 e. The van der Waals surface area contributed by atoms with Crippen molar-refractivity contribution in [3.8, 4) is 5.75 Å². The maximum absolute atomic E-state index is 12.2. The summed E-state index contributed by atoms with van der Waals surface area (Å²) < 4.78 is 7.00. The highest BCUT2D eigenvalue weighted by Crippen LogP contribution is 2.16. The fourth-order valence-corrected chi connectivity index (χ4v) is 2.43. The summed E-state index contributed by atoms with van der Waals surface area (Å²) in [5, 5.41) is 2.58. The van der Waals surface area contributed by atoms with Crippen molar-refractivity contribution in [2.75, 3.05) is 5.32 Å². The van der Waals surface area contributed by atoms with Crippen LogP contribution in [-0.4, -0.2) is 21.6 Å². The number of hydrogen-bond donors (Lipinski definition) is 1. The predicted octanol–water partition coefficient (Wildman–Crippen LogP) is 3.36. The Hall–Kier alpha value is -3.67. The van der Waals surface area contributed by atoms with Gasteiger partial charge in [0, 0.05) is 13.2 Å². The van der Waals surface area contributed by atoms with E-state index in [1.807, 2.05) is 66.7 Å². The number of carbonyl (C=O) groups is 1. The second-order valence-electron chi connectivity index (χ2n) is 6.27. The Balaban J connectivity index is 1.58. The van der Waals surface area contributed by atoms with Gasteiger partial charge < -0.3 is 14.6 Å². The molecule has 6 nitrogen and oxygen atoms in total. The van der Waals surface area contributed by atoms with Crippen LogP contribution in [0.3, 0.4) is 0 Å². The van der Waals surface area contributed by atoms with Gasteiger partial charge in [-0.05, 0) is 36.2 Å². The highest BCUT2D eigenvalue weighted by Gasteiger charge is 2.15. The summed E-state index contributed by atoms with van der Waals surface area (Å²) in [5.41, 5.74) is 1.71. The lowest BCUT2D eigenvalue weighted by Crippen LogP contribution is -2.31. The van der Waals surface area contributed by atoms with Gasteiger partial charge in [-0.1, -0.05) is 54.6 Å². The van der Waals surface area contributed by atoms with Gasteiger partial charge in [-0.2, -0.15) is 4.98 Å². The Morgan fingerprint density at radius 1 is 1.04 bits per heavy atom. The molecule has 1 unspecified atom stereocenters. The molecule has 1 heterocycles. The fourth-order valence-electron chi connectivity index (χ4n) is 2.43. The van der Waals surface area contributed by atoms with Crippen molar-refractivity contribution in [2.24, 2.45) is 7.05 Å². The van der Waals surface area contributed by atoms with Gasteiger partial charge in [0.15, 0.2) is 6.10 Å². The molecule has 0 bridgehead atoms. The average Bonchev–Trinajstić information content (AvgIpc) is 2.71. The molecule has 6 heteroatoms. The Morgan fingerprint density at radius 3 is 2.32 bits per heavy atom. The van der Waals surface area contributed by atoms with Crippen LogP contribution < -0.4 is 15.7 Å². The number of rotatable bonds is 6. The number of nitrogens with zero attached hydrogens (tertiary/aromatic N) is 2. The van der Waals surface area contributed by atoms with Gasteiger partial charge in [0.05, 0.1) is 0 Å². The maximum atomic E-state index is 12.2. The van der Waals surface area contributed by atoms with Gasteiger partial charge >= 0.3 is 5.69 Å². The normalized spacial score (nSPS) is 11.9. The third kappa shape index (κ3) is 5.17. The number of carbonyl (C=O) groups excluding carboxylic acids is 1. The molecule has 0 radical (unpaired) electrons. The molecule has 0 aliphatic rings. The van der Waals surface area contributed by atoms with Crippen molar-refractivity contribution in [1.82, 2.24) is 9.55 Å². The maximum Gasteiger partial charge on any atom is 0.349 e. The molecule has 1 N–H and O–H groups in total. The van der Waals surface area contributed by atoms with Crippen molar-refractivity contribution < 1.29 is 9.53 Å². The first-order valence-corrected chi connectivity index (χ1v) is 8.86. The lowest BCUT2D eigenvalue weighted by molar-refractivity contribution is -0.122. The molecule has 1 atom stereocenters. The van der Waals surface area contributed by atoms with E-state index in [0.29, 0.717) is 5.75 Å². The van der Waals surface area contributed by atoms with Crippen molar-refractivity contribution in [3.05, 3.63) is 88.5 Å². The van der Waals surface area contributed by atoms with E-state index in [-0.39, 0.29) is 11.7 Å². The summed E-state index contributed by atoms with van der Waals surface area (Å²) >= 11 is 0. The van der Waals surface area contributed by atoms with Gasteiger partial charge in [-0.15, -0.1) is 0 Å². The number of aromatic nitrogens is 2. The zero-order chi connectivity index (χ0) is 19.9. The molecule has 0 aliphatic heterocycles. The molecule has 0 spiro atoms. The standard InChI is InChI=1S/C22H21N3O3/c1-16(21(26)23-20-14-15-25(2)22(27)24-20)28-19-12-10-18(11-13-19)9-8-17-6-4-3-5-7-17/h3-16H,1-2H3,(H,23,24,26,27)/b9-8+. The van der Waals surface area contributed by atoms with Gasteiger partial charge in [-0.25, -0.2) is 4.79 Å². The van der Waals surface area contributed by atoms with Gasteiger partial charge in [-0.3, -0.25) is 4.79 Å². The van der Waals surface area contributed by atoms with E-state index in [0.717, 1.165) is 11.1 Å². The van der Waals surface area contributed by atoms with Crippen LogP contribution in [0.1, 0.15) is 18.1 Å². The number of benzene rings is 2. The van der Waals surface area contributed by atoms with Gasteiger partial charge in [0.2, 0.25) is 0 Å². The molecule has 1 amide bonds. The van der Waals surface area contributed by atoms with Crippen LogP contribution in [0.25, 0.3) is 12.2 Å². The molecule has 0 aliphatic carbocycles. The lowest BCUT2D eigenvalue weighted by Gasteiger charge is -2.14. The van der Waals surface area contributed by atoms with Crippen LogP contribution in [0, 0.1) is 0 Å². The molecule has 0 saturated carbocycles. The number of ether oxygens (including phenoxy) is 1. The molecule has 1 aromatic heterocycles. The molecule has 28 heavy (non-hydrogen) atoms. The molecule has 0 saturated heterocycles. The zero-order valence-electron chi connectivity index (χ0n) is 15.7. The van der Waals surface area contributed by atoms with Crippen molar-refractivity contribution >= 4 is 23.9 Å². The number of amides is 1. The molecular formula is C22H21N3O3. The summed E-state index contributed by atoms with van der Waals surface area (Å²) in [5.74, 6) is 0.398. The minimum absolute atomic E-state index is 0.199. The number of anilines is 1. The third-order valence-electron chi connectivity index (χ3n) is 4.06. The largest absolute Gasteiger partial charge is 0.481 e. The van der Waals surface area contributed by atoms with E-state index in [9.17, 15) is 9.59 Å². The van der Waals surface area contributed by atoms with Crippen LogP contribution in [0.15, 0.2) is 71.7 Å². The summed E-state index contributed by atoms with van der Waals surface area (Å²) in [7, 11) is 1.59. The van der Waals surface area contributed by atoms with E-state index in [1.165, 1.54) is 10.8 Å². The van der Waals surface area contributed by atoms with Crippen molar-refractivity contribution in [3.63, 3.8) is 0 Å². The summed E-state index contributed by atoms with van der Waals surface area (Å²) in [4.78, 5) is 27.5. The second-order valence-corrected chi connectivity index (χ2v) is 6.27.